The number of sulfonamides is 1. The van der Waals surface area contributed by atoms with E-state index in [0.717, 1.165) is 17.5 Å². The predicted octanol–water partition coefficient (Wildman–Crippen LogP) is 1.50. The van der Waals surface area contributed by atoms with E-state index >= 15 is 0 Å². The molecule has 21 heavy (non-hydrogen) atoms. The zero-order chi connectivity index (χ0) is 15.3. The standard InChI is InChI=1S/C14H18FNO4S/c15-7-3-9-21(18,19)16-14(17)10-13-12-5-2-1-4-11(12)6-8-20-13/h1-2,4-5,13H,3,6-10H2,(H,16,17)/t13-/m0/s1. The molecule has 0 bridgehead atoms. The molecule has 1 heterocycles. The lowest BCUT2D eigenvalue weighted by molar-refractivity contribution is -0.122. The zero-order valence-corrected chi connectivity index (χ0v) is 12.4. The average molecular weight is 315 g/mol. The van der Waals surface area contributed by atoms with Gasteiger partial charge < -0.3 is 4.74 Å². The van der Waals surface area contributed by atoms with Crippen molar-refractivity contribution in [2.45, 2.75) is 25.4 Å². The average Bonchev–Trinajstić information content (AvgIpc) is 2.45. The molecular formula is C14H18FNO4S. The Labute approximate surface area is 123 Å². The molecule has 0 radical (unpaired) electrons. The highest BCUT2D eigenvalue weighted by molar-refractivity contribution is 7.90. The van der Waals surface area contributed by atoms with Crippen molar-refractivity contribution in [1.82, 2.24) is 4.72 Å². The van der Waals surface area contributed by atoms with Gasteiger partial charge in [-0.25, -0.2) is 8.42 Å². The summed E-state index contributed by atoms with van der Waals surface area (Å²) in [6.45, 7) is -0.224. The zero-order valence-electron chi connectivity index (χ0n) is 11.5. The fraction of sp³-hybridized carbons (Fsp3) is 0.500. The Morgan fingerprint density at radius 1 is 1.38 bits per heavy atom. The molecule has 2 rings (SSSR count). The van der Waals surface area contributed by atoms with E-state index in [0.29, 0.717) is 6.61 Å². The van der Waals surface area contributed by atoms with Crippen molar-refractivity contribution in [1.29, 1.82) is 0 Å². The Bertz CT molecular complexity index is 603. The van der Waals surface area contributed by atoms with Crippen LogP contribution in [-0.2, 0) is 26.0 Å². The topological polar surface area (TPSA) is 72.5 Å². The van der Waals surface area contributed by atoms with Crippen molar-refractivity contribution < 1.29 is 22.3 Å². The van der Waals surface area contributed by atoms with Crippen LogP contribution >= 0.6 is 0 Å². The number of alkyl halides is 1. The van der Waals surface area contributed by atoms with E-state index in [9.17, 15) is 17.6 Å². The first-order chi connectivity index (χ1) is 10.0. The number of hydrogen-bond acceptors (Lipinski definition) is 4. The lowest BCUT2D eigenvalue weighted by Crippen LogP contribution is -2.34. The number of carbonyl (C=O) groups is 1. The van der Waals surface area contributed by atoms with Gasteiger partial charge in [-0.2, -0.15) is 0 Å². The minimum absolute atomic E-state index is 0.0636. The third-order valence-electron chi connectivity index (χ3n) is 3.28. The van der Waals surface area contributed by atoms with Crippen molar-refractivity contribution in [3.8, 4) is 0 Å². The number of fused-ring (bicyclic) bond motifs is 1. The molecule has 7 heteroatoms. The third-order valence-corrected chi connectivity index (χ3v) is 4.64. The van der Waals surface area contributed by atoms with Crippen molar-refractivity contribution in [2.24, 2.45) is 0 Å². The van der Waals surface area contributed by atoms with Crippen molar-refractivity contribution in [3.63, 3.8) is 0 Å². The smallest absolute Gasteiger partial charge is 0.236 e. The number of amides is 1. The Balaban J connectivity index is 1.98. The second-order valence-corrected chi connectivity index (χ2v) is 6.74. The van der Waals surface area contributed by atoms with Gasteiger partial charge in [-0.1, -0.05) is 24.3 Å². The number of ether oxygens (including phenoxy) is 1. The summed E-state index contributed by atoms with van der Waals surface area (Å²) < 4.78 is 42.6. The van der Waals surface area contributed by atoms with Crippen LogP contribution < -0.4 is 4.72 Å². The first kappa shape index (κ1) is 15.9. The molecule has 116 valence electrons. The molecule has 1 atom stereocenters. The highest BCUT2D eigenvalue weighted by Gasteiger charge is 2.24. The van der Waals surface area contributed by atoms with Gasteiger partial charge in [0, 0.05) is 0 Å². The van der Waals surface area contributed by atoms with Crippen LogP contribution in [0.4, 0.5) is 4.39 Å². The van der Waals surface area contributed by atoms with Crippen LogP contribution in [0.2, 0.25) is 0 Å². The second kappa shape index (κ2) is 7.00. The molecule has 1 aromatic rings. The summed E-state index contributed by atoms with van der Waals surface area (Å²) >= 11 is 0. The van der Waals surface area contributed by atoms with E-state index in [1.54, 1.807) is 0 Å². The molecule has 0 saturated carbocycles. The summed E-state index contributed by atoms with van der Waals surface area (Å²) in [5.74, 6) is -1.02. The van der Waals surface area contributed by atoms with Gasteiger partial charge in [0.25, 0.3) is 0 Å². The van der Waals surface area contributed by atoms with E-state index in [2.05, 4.69) is 0 Å². The van der Waals surface area contributed by atoms with E-state index in [4.69, 9.17) is 4.74 Å². The summed E-state index contributed by atoms with van der Waals surface area (Å²) in [7, 11) is -3.77. The summed E-state index contributed by atoms with van der Waals surface area (Å²) in [4.78, 5) is 11.8. The minimum atomic E-state index is -3.77. The van der Waals surface area contributed by atoms with Gasteiger partial charge >= 0.3 is 0 Å². The second-order valence-electron chi connectivity index (χ2n) is 4.90. The molecule has 1 aliphatic heterocycles. The summed E-state index contributed by atoms with van der Waals surface area (Å²) in [5.41, 5.74) is 2.03. The summed E-state index contributed by atoms with van der Waals surface area (Å²) in [6.07, 6.45) is 0.159. The van der Waals surface area contributed by atoms with Gasteiger partial charge in [0.1, 0.15) is 0 Å². The maximum absolute atomic E-state index is 12.0. The molecule has 0 saturated heterocycles. The number of rotatable bonds is 6. The van der Waals surface area contributed by atoms with Crippen molar-refractivity contribution >= 4 is 15.9 Å². The molecule has 5 nitrogen and oxygen atoms in total. The maximum atomic E-state index is 12.0. The number of nitrogens with one attached hydrogen (secondary N) is 1. The van der Waals surface area contributed by atoms with E-state index < -0.39 is 34.5 Å². The number of hydrogen-bond donors (Lipinski definition) is 1. The molecule has 1 aromatic carbocycles. The summed E-state index contributed by atoms with van der Waals surface area (Å²) in [6, 6.07) is 7.63. The quantitative estimate of drug-likeness (QED) is 0.863. The highest BCUT2D eigenvalue weighted by atomic mass is 32.2. The third kappa shape index (κ3) is 4.50. The van der Waals surface area contributed by atoms with Crippen LogP contribution in [0.15, 0.2) is 24.3 Å². The fourth-order valence-corrected chi connectivity index (χ4v) is 3.35. The fourth-order valence-electron chi connectivity index (χ4n) is 2.32. The van der Waals surface area contributed by atoms with Gasteiger partial charge in [-0.3, -0.25) is 13.9 Å². The van der Waals surface area contributed by atoms with Crippen molar-refractivity contribution in [2.75, 3.05) is 19.0 Å². The Kier molecular flexibility index (Phi) is 5.30. The Hall–Kier alpha value is -1.47. The predicted molar refractivity (Wildman–Crippen MR) is 76.0 cm³/mol. The maximum Gasteiger partial charge on any atom is 0.236 e. The first-order valence-electron chi connectivity index (χ1n) is 6.80. The van der Waals surface area contributed by atoms with Gasteiger partial charge in [-0.05, 0) is 24.0 Å². The van der Waals surface area contributed by atoms with Gasteiger partial charge in [0.2, 0.25) is 15.9 Å². The summed E-state index contributed by atoms with van der Waals surface area (Å²) in [5, 5.41) is 0. The lowest BCUT2D eigenvalue weighted by Gasteiger charge is -2.25. The SMILES string of the molecule is O=C(C[C@@H]1OCCc2ccccc21)NS(=O)(=O)CCCF. The number of benzene rings is 1. The molecular weight excluding hydrogens is 297 g/mol. The first-order valence-corrected chi connectivity index (χ1v) is 8.46. The van der Waals surface area contributed by atoms with Crippen LogP contribution in [0.25, 0.3) is 0 Å². The Morgan fingerprint density at radius 2 is 2.14 bits per heavy atom. The monoisotopic (exact) mass is 315 g/mol. The molecule has 0 aromatic heterocycles. The molecule has 1 amide bonds. The van der Waals surface area contributed by atoms with Crippen LogP contribution in [0, 0.1) is 0 Å². The van der Waals surface area contributed by atoms with E-state index in [-0.39, 0.29) is 12.8 Å². The number of carbonyl (C=O) groups excluding carboxylic acids is 1. The molecule has 1 aliphatic rings. The van der Waals surface area contributed by atoms with E-state index in [1.165, 1.54) is 0 Å². The molecule has 0 unspecified atom stereocenters. The Morgan fingerprint density at radius 3 is 2.90 bits per heavy atom. The molecule has 0 aliphatic carbocycles. The van der Waals surface area contributed by atoms with Crippen molar-refractivity contribution in [3.05, 3.63) is 35.4 Å². The van der Waals surface area contributed by atoms with Crippen LogP contribution in [0.1, 0.15) is 30.1 Å². The van der Waals surface area contributed by atoms with Crippen LogP contribution in [-0.4, -0.2) is 33.4 Å². The van der Waals surface area contributed by atoms with Gasteiger partial charge in [0.15, 0.2) is 0 Å². The van der Waals surface area contributed by atoms with Gasteiger partial charge in [0.05, 0.1) is 31.6 Å². The highest BCUT2D eigenvalue weighted by Crippen LogP contribution is 2.29. The molecule has 0 spiro atoms. The van der Waals surface area contributed by atoms with Crippen LogP contribution in [0.3, 0.4) is 0 Å². The van der Waals surface area contributed by atoms with E-state index in [1.807, 2.05) is 29.0 Å². The molecule has 0 fully saturated rings. The van der Waals surface area contributed by atoms with Gasteiger partial charge in [-0.15, -0.1) is 0 Å². The molecule has 1 N–H and O–H groups in total. The normalized spacial score (nSPS) is 18.0. The number of halogens is 1. The van der Waals surface area contributed by atoms with Crippen LogP contribution in [0.5, 0.6) is 0 Å². The largest absolute Gasteiger partial charge is 0.373 e. The minimum Gasteiger partial charge on any atom is -0.373 e. The lowest BCUT2D eigenvalue weighted by atomic mass is 9.96.